The van der Waals surface area contributed by atoms with Gasteiger partial charge in [0, 0.05) is 25.0 Å². The maximum absolute atomic E-state index is 12.3. The first-order chi connectivity index (χ1) is 11.9. The minimum atomic E-state index is -1.08. The zero-order valence-electron chi connectivity index (χ0n) is 14.4. The SMILES string of the molecule is CC(C)CNC(=O)N1CCCC(C(=O)NCc2nc(C(=O)O)cs2)C1. The van der Waals surface area contributed by atoms with Gasteiger partial charge in [-0.2, -0.15) is 0 Å². The van der Waals surface area contributed by atoms with Gasteiger partial charge in [-0.15, -0.1) is 11.3 Å². The van der Waals surface area contributed by atoms with Crippen LogP contribution in [0.4, 0.5) is 4.79 Å². The van der Waals surface area contributed by atoms with Crippen molar-refractivity contribution in [3.8, 4) is 0 Å². The molecule has 0 spiro atoms. The first-order valence-electron chi connectivity index (χ1n) is 8.35. The first kappa shape index (κ1) is 19.2. The molecule has 1 aliphatic heterocycles. The number of amides is 3. The lowest BCUT2D eigenvalue weighted by molar-refractivity contribution is -0.126. The highest BCUT2D eigenvalue weighted by molar-refractivity contribution is 7.09. The monoisotopic (exact) mass is 368 g/mol. The fourth-order valence-electron chi connectivity index (χ4n) is 2.58. The van der Waals surface area contributed by atoms with Gasteiger partial charge >= 0.3 is 12.0 Å². The molecule has 3 amide bonds. The number of aromatic carboxylic acids is 1. The van der Waals surface area contributed by atoms with E-state index in [0.717, 1.165) is 12.8 Å². The number of carboxylic acid groups (broad SMARTS) is 1. The number of likely N-dealkylation sites (tertiary alicyclic amines) is 1. The van der Waals surface area contributed by atoms with E-state index >= 15 is 0 Å². The van der Waals surface area contributed by atoms with Gasteiger partial charge in [0.2, 0.25) is 5.91 Å². The van der Waals surface area contributed by atoms with Gasteiger partial charge < -0.3 is 20.6 Å². The summed E-state index contributed by atoms with van der Waals surface area (Å²) in [4.78, 5) is 40.9. The van der Waals surface area contributed by atoms with Crippen molar-refractivity contribution in [2.75, 3.05) is 19.6 Å². The van der Waals surface area contributed by atoms with Gasteiger partial charge in [-0.25, -0.2) is 14.6 Å². The molecule has 25 heavy (non-hydrogen) atoms. The molecule has 1 aromatic rings. The highest BCUT2D eigenvalue weighted by atomic mass is 32.1. The number of nitrogens with one attached hydrogen (secondary N) is 2. The molecule has 3 N–H and O–H groups in total. The van der Waals surface area contributed by atoms with Gasteiger partial charge in [0.25, 0.3) is 0 Å². The number of urea groups is 1. The van der Waals surface area contributed by atoms with Crippen LogP contribution in [-0.4, -0.2) is 52.5 Å². The number of carboxylic acids is 1. The van der Waals surface area contributed by atoms with Crippen LogP contribution >= 0.6 is 11.3 Å². The summed E-state index contributed by atoms with van der Waals surface area (Å²) < 4.78 is 0. The van der Waals surface area contributed by atoms with Crippen LogP contribution in [-0.2, 0) is 11.3 Å². The molecule has 2 rings (SSSR count). The minimum absolute atomic E-state index is 0.0140. The lowest BCUT2D eigenvalue weighted by atomic mass is 9.97. The Balaban J connectivity index is 1.82. The highest BCUT2D eigenvalue weighted by Gasteiger charge is 2.28. The topological polar surface area (TPSA) is 112 Å². The average molecular weight is 368 g/mol. The van der Waals surface area contributed by atoms with Gasteiger partial charge in [-0.1, -0.05) is 13.8 Å². The molecular formula is C16H24N4O4S. The number of hydrogen-bond acceptors (Lipinski definition) is 5. The van der Waals surface area contributed by atoms with Gasteiger partial charge in [-0.3, -0.25) is 4.79 Å². The Morgan fingerprint density at radius 2 is 2.16 bits per heavy atom. The minimum Gasteiger partial charge on any atom is -0.476 e. The van der Waals surface area contributed by atoms with E-state index in [4.69, 9.17) is 5.11 Å². The van der Waals surface area contributed by atoms with Gasteiger partial charge in [-0.05, 0) is 18.8 Å². The van der Waals surface area contributed by atoms with Crippen molar-refractivity contribution in [3.05, 3.63) is 16.1 Å². The standard InChI is InChI=1S/C16H24N4O4S/c1-10(2)6-18-16(24)20-5-3-4-11(8-20)14(21)17-7-13-19-12(9-25-13)15(22)23/h9-11H,3-8H2,1-2H3,(H,17,21)(H,18,24)(H,22,23). The number of hydrogen-bond donors (Lipinski definition) is 3. The second kappa shape index (κ2) is 8.80. The van der Waals surface area contributed by atoms with Crippen molar-refractivity contribution in [1.29, 1.82) is 0 Å². The number of nitrogens with zero attached hydrogens (tertiary/aromatic N) is 2. The third-order valence-electron chi connectivity index (χ3n) is 3.93. The average Bonchev–Trinajstić information content (AvgIpc) is 3.07. The predicted octanol–water partition coefficient (Wildman–Crippen LogP) is 1.54. The normalized spacial score (nSPS) is 17.4. The van der Waals surface area contributed by atoms with Crippen molar-refractivity contribution >= 4 is 29.2 Å². The molecule has 9 heteroatoms. The molecule has 1 saturated heterocycles. The number of aromatic nitrogens is 1. The Kier molecular flexibility index (Phi) is 6.74. The van der Waals surface area contributed by atoms with Gasteiger partial charge in [0.1, 0.15) is 5.01 Å². The molecule has 1 aromatic heterocycles. The summed E-state index contributed by atoms with van der Waals surface area (Å²) in [6, 6.07) is -0.128. The number of carbonyl (C=O) groups excluding carboxylic acids is 2. The molecule has 1 atom stereocenters. The van der Waals surface area contributed by atoms with E-state index in [9.17, 15) is 14.4 Å². The van der Waals surface area contributed by atoms with Crippen molar-refractivity contribution in [2.24, 2.45) is 11.8 Å². The van der Waals surface area contributed by atoms with E-state index in [1.54, 1.807) is 4.90 Å². The molecular weight excluding hydrogens is 344 g/mol. The van der Waals surface area contributed by atoms with Gasteiger partial charge in [0.15, 0.2) is 5.69 Å². The summed E-state index contributed by atoms with van der Waals surface area (Å²) in [6.45, 7) is 5.92. The third kappa shape index (κ3) is 5.70. The fourth-order valence-corrected chi connectivity index (χ4v) is 3.28. The van der Waals surface area contributed by atoms with Crippen molar-refractivity contribution < 1.29 is 19.5 Å². The number of rotatable bonds is 6. The van der Waals surface area contributed by atoms with E-state index in [1.807, 2.05) is 13.8 Å². The molecule has 2 heterocycles. The summed E-state index contributed by atoms with van der Waals surface area (Å²) >= 11 is 1.20. The predicted molar refractivity (Wildman–Crippen MR) is 93.5 cm³/mol. The first-order valence-corrected chi connectivity index (χ1v) is 9.23. The van der Waals surface area contributed by atoms with E-state index in [1.165, 1.54) is 16.7 Å². The van der Waals surface area contributed by atoms with Crippen LogP contribution in [0.5, 0.6) is 0 Å². The van der Waals surface area contributed by atoms with Crippen LogP contribution < -0.4 is 10.6 Å². The van der Waals surface area contributed by atoms with Crippen LogP contribution in [0.25, 0.3) is 0 Å². The molecule has 0 bridgehead atoms. The zero-order valence-corrected chi connectivity index (χ0v) is 15.3. The fraction of sp³-hybridized carbons (Fsp3) is 0.625. The Morgan fingerprint density at radius 3 is 2.80 bits per heavy atom. The smallest absolute Gasteiger partial charge is 0.355 e. The van der Waals surface area contributed by atoms with Crippen molar-refractivity contribution in [2.45, 2.75) is 33.2 Å². The summed E-state index contributed by atoms with van der Waals surface area (Å²) in [5.41, 5.74) is -0.0140. The second-order valence-electron chi connectivity index (χ2n) is 6.51. The van der Waals surface area contributed by atoms with E-state index in [2.05, 4.69) is 15.6 Å². The van der Waals surface area contributed by atoms with Crippen LogP contribution in [0, 0.1) is 11.8 Å². The molecule has 0 aliphatic carbocycles. The van der Waals surface area contributed by atoms with Crippen LogP contribution in [0.3, 0.4) is 0 Å². The molecule has 1 fully saturated rings. The Bertz CT molecular complexity index is 631. The van der Waals surface area contributed by atoms with E-state index in [0.29, 0.717) is 30.6 Å². The largest absolute Gasteiger partial charge is 0.476 e. The Hall–Kier alpha value is -2.16. The van der Waals surface area contributed by atoms with Crippen LogP contribution in [0.15, 0.2) is 5.38 Å². The second-order valence-corrected chi connectivity index (χ2v) is 7.46. The molecule has 138 valence electrons. The van der Waals surface area contributed by atoms with Crippen molar-refractivity contribution in [1.82, 2.24) is 20.5 Å². The summed E-state index contributed by atoms with van der Waals surface area (Å²) in [7, 11) is 0. The molecule has 0 saturated carbocycles. The molecule has 0 aromatic carbocycles. The van der Waals surface area contributed by atoms with Gasteiger partial charge in [0.05, 0.1) is 12.5 Å². The van der Waals surface area contributed by atoms with Crippen LogP contribution in [0.1, 0.15) is 42.2 Å². The quantitative estimate of drug-likeness (QED) is 0.705. The molecule has 8 nitrogen and oxygen atoms in total. The number of thiazole rings is 1. The van der Waals surface area contributed by atoms with Crippen molar-refractivity contribution in [3.63, 3.8) is 0 Å². The summed E-state index contributed by atoms with van der Waals surface area (Å²) in [5, 5.41) is 16.5. The summed E-state index contributed by atoms with van der Waals surface area (Å²) in [6.07, 6.45) is 1.52. The van der Waals surface area contributed by atoms with Crippen LogP contribution in [0.2, 0.25) is 0 Å². The lowest BCUT2D eigenvalue weighted by Crippen LogP contribution is -2.49. The lowest BCUT2D eigenvalue weighted by Gasteiger charge is -2.32. The number of piperidine rings is 1. The molecule has 1 aliphatic rings. The van der Waals surface area contributed by atoms with E-state index < -0.39 is 5.97 Å². The molecule has 0 radical (unpaired) electrons. The Morgan fingerprint density at radius 1 is 1.40 bits per heavy atom. The Labute approximate surface area is 150 Å². The third-order valence-corrected chi connectivity index (χ3v) is 4.77. The zero-order chi connectivity index (χ0) is 18.4. The molecule has 1 unspecified atom stereocenters. The highest BCUT2D eigenvalue weighted by Crippen LogP contribution is 2.17. The maximum atomic E-state index is 12.3. The number of carbonyl (C=O) groups is 3. The summed E-state index contributed by atoms with van der Waals surface area (Å²) in [5.74, 6) is -1.09. The van der Waals surface area contributed by atoms with E-state index in [-0.39, 0.29) is 30.1 Å². The maximum Gasteiger partial charge on any atom is 0.355 e.